The van der Waals surface area contributed by atoms with Crippen LogP contribution in [0, 0.1) is 5.82 Å². The Kier molecular flexibility index (Phi) is 7.42. The van der Waals surface area contributed by atoms with E-state index in [-0.39, 0.29) is 36.2 Å². The molecular weight excluding hydrogens is 485 g/mol. The number of Topliss-reactive ketones (excluding diaryl/α,β-unsaturated/α-hetero) is 1. The molecule has 0 saturated carbocycles. The molecule has 198 valence electrons. The van der Waals surface area contributed by atoms with Crippen LogP contribution in [0.1, 0.15) is 60.1 Å². The van der Waals surface area contributed by atoms with Crippen molar-refractivity contribution in [3.8, 4) is 0 Å². The smallest absolute Gasteiger partial charge is 0.256 e. The molecule has 3 heterocycles. The van der Waals surface area contributed by atoms with E-state index < -0.39 is 17.8 Å². The lowest BCUT2D eigenvalue weighted by atomic mass is 9.85. The molecule has 38 heavy (non-hydrogen) atoms. The number of carbonyl (C=O) groups is 3. The number of fused-ring (bicyclic) bond motifs is 1. The summed E-state index contributed by atoms with van der Waals surface area (Å²) < 4.78 is 20.6. The van der Waals surface area contributed by atoms with Gasteiger partial charge in [0.15, 0.2) is 5.78 Å². The number of likely N-dealkylation sites (N-methyl/N-ethyl adjacent to an activating group) is 1. The van der Waals surface area contributed by atoms with Gasteiger partial charge in [-0.05, 0) is 73.0 Å². The van der Waals surface area contributed by atoms with Crippen LogP contribution >= 0.6 is 0 Å². The highest BCUT2D eigenvalue weighted by molar-refractivity contribution is 6.02. The van der Waals surface area contributed by atoms with Gasteiger partial charge in [-0.3, -0.25) is 14.4 Å². The van der Waals surface area contributed by atoms with Gasteiger partial charge < -0.3 is 19.9 Å². The third-order valence-corrected chi connectivity index (χ3v) is 7.41. The predicted octanol–water partition coefficient (Wildman–Crippen LogP) is 4.64. The number of ketones is 1. The molecule has 0 radical (unpaired) electrons. The van der Waals surface area contributed by atoms with Gasteiger partial charge in [0.1, 0.15) is 5.82 Å². The molecule has 5 rings (SSSR count). The van der Waals surface area contributed by atoms with Crippen LogP contribution in [0.15, 0.2) is 59.8 Å². The van der Waals surface area contributed by atoms with Crippen LogP contribution in [0.4, 0.5) is 4.39 Å². The van der Waals surface area contributed by atoms with Crippen molar-refractivity contribution in [1.29, 1.82) is 0 Å². The van der Waals surface area contributed by atoms with Crippen LogP contribution in [0.5, 0.6) is 0 Å². The minimum absolute atomic E-state index is 0.0677. The zero-order chi connectivity index (χ0) is 26.8. The largest absolute Gasteiger partial charge is 0.376 e. The first-order chi connectivity index (χ1) is 18.3. The van der Waals surface area contributed by atoms with Crippen molar-refractivity contribution >= 4 is 28.5 Å². The summed E-state index contributed by atoms with van der Waals surface area (Å²) in [6.45, 7) is 2.82. The lowest BCUT2D eigenvalue weighted by molar-refractivity contribution is -0.121. The zero-order valence-electron chi connectivity index (χ0n) is 21.7. The van der Waals surface area contributed by atoms with Crippen LogP contribution in [-0.4, -0.2) is 53.8 Å². The summed E-state index contributed by atoms with van der Waals surface area (Å²) in [6.07, 6.45) is 4.97. The fraction of sp³-hybridized carbons (Fsp3) is 0.367. The van der Waals surface area contributed by atoms with Crippen molar-refractivity contribution in [3.63, 3.8) is 0 Å². The highest BCUT2D eigenvalue weighted by Crippen LogP contribution is 2.32. The van der Waals surface area contributed by atoms with Gasteiger partial charge in [-0.2, -0.15) is 0 Å². The molecule has 0 aliphatic carbocycles. The van der Waals surface area contributed by atoms with Gasteiger partial charge in [0.25, 0.3) is 5.91 Å². The number of carbonyl (C=O) groups excluding carboxylic acids is 3. The van der Waals surface area contributed by atoms with E-state index in [0.29, 0.717) is 29.9 Å². The molecule has 0 spiro atoms. The maximum atomic E-state index is 14.9. The molecule has 8 heteroatoms. The molecule has 1 fully saturated rings. The molecule has 2 unspecified atom stereocenters. The maximum absolute atomic E-state index is 14.9. The SMILES string of the molecule is CC1=C(C(=O)Cc2ccc3[nH]ccc3c2)C(c2ccc(F)c(C(=O)N(C)CC3CCCCO3)c2)NC(=O)C1. The number of hydrogen-bond acceptors (Lipinski definition) is 4. The maximum Gasteiger partial charge on any atom is 0.256 e. The molecule has 2 amide bonds. The normalized spacial score (nSPS) is 19.9. The molecule has 1 saturated heterocycles. The molecule has 2 atom stereocenters. The van der Waals surface area contributed by atoms with E-state index in [4.69, 9.17) is 4.74 Å². The van der Waals surface area contributed by atoms with Gasteiger partial charge >= 0.3 is 0 Å². The van der Waals surface area contributed by atoms with Gasteiger partial charge in [-0.1, -0.05) is 17.7 Å². The molecule has 1 aromatic heterocycles. The zero-order valence-corrected chi connectivity index (χ0v) is 21.7. The molecular formula is C30H32FN3O4. The van der Waals surface area contributed by atoms with E-state index in [1.54, 1.807) is 14.0 Å². The van der Waals surface area contributed by atoms with Crippen LogP contribution < -0.4 is 5.32 Å². The van der Waals surface area contributed by atoms with E-state index in [2.05, 4.69) is 10.3 Å². The summed E-state index contributed by atoms with van der Waals surface area (Å²) in [5.74, 6) is -1.45. The quantitative estimate of drug-likeness (QED) is 0.478. The fourth-order valence-corrected chi connectivity index (χ4v) is 5.44. The summed E-state index contributed by atoms with van der Waals surface area (Å²) in [6, 6.07) is 11.2. The summed E-state index contributed by atoms with van der Waals surface area (Å²) >= 11 is 0. The van der Waals surface area contributed by atoms with Crippen molar-refractivity contribution in [1.82, 2.24) is 15.2 Å². The number of ether oxygens (including phenoxy) is 1. The number of hydrogen-bond donors (Lipinski definition) is 2. The van der Waals surface area contributed by atoms with Crippen molar-refractivity contribution in [2.24, 2.45) is 0 Å². The number of amides is 2. The molecule has 2 aliphatic heterocycles. The number of benzene rings is 2. The van der Waals surface area contributed by atoms with Crippen molar-refractivity contribution in [2.45, 2.75) is 51.2 Å². The first-order valence-corrected chi connectivity index (χ1v) is 13.0. The number of halogens is 1. The highest BCUT2D eigenvalue weighted by atomic mass is 19.1. The van der Waals surface area contributed by atoms with E-state index in [9.17, 15) is 18.8 Å². The van der Waals surface area contributed by atoms with Crippen LogP contribution in [0.2, 0.25) is 0 Å². The van der Waals surface area contributed by atoms with Gasteiger partial charge in [0.2, 0.25) is 5.91 Å². The fourth-order valence-electron chi connectivity index (χ4n) is 5.44. The molecule has 2 aromatic carbocycles. The van der Waals surface area contributed by atoms with Crippen LogP contribution in [0.3, 0.4) is 0 Å². The Morgan fingerprint density at radius 3 is 2.76 bits per heavy atom. The third kappa shape index (κ3) is 5.41. The Morgan fingerprint density at radius 1 is 1.13 bits per heavy atom. The second-order valence-electron chi connectivity index (χ2n) is 10.3. The van der Waals surface area contributed by atoms with E-state index in [0.717, 1.165) is 35.7 Å². The number of H-pyrrole nitrogens is 1. The average molecular weight is 518 g/mol. The van der Waals surface area contributed by atoms with Crippen molar-refractivity contribution in [3.05, 3.63) is 82.3 Å². The average Bonchev–Trinajstić information content (AvgIpc) is 3.36. The van der Waals surface area contributed by atoms with E-state index >= 15 is 0 Å². The van der Waals surface area contributed by atoms with E-state index in [1.807, 2.05) is 30.5 Å². The summed E-state index contributed by atoms with van der Waals surface area (Å²) in [5, 5.41) is 3.91. The topological polar surface area (TPSA) is 91.5 Å². The number of nitrogens with zero attached hydrogens (tertiary/aromatic N) is 1. The van der Waals surface area contributed by atoms with Gasteiger partial charge in [-0.15, -0.1) is 0 Å². The Bertz CT molecular complexity index is 1420. The highest BCUT2D eigenvalue weighted by Gasteiger charge is 2.32. The molecule has 0 bridgehead atoms. The van der Waals surface area contributed by atoms with Crippen molar-refractivity contribution < 1.29 is 23.5 Å². The lowest BCUT2D eigenvalue weighted by Gasteiger charge is -2.29. The molecule has 3 aromatic rings. The molecule has 7 nitrogen and oxygen atoms in total. The Morgan fingerprint density at radius 2 is 1.97 bits per heavy atom. The van der Waals surface area contributed by atoms with Gasteiger partial charge in [0.05, 0.1) is 17.7 Å². The molecule has 2 N–H and O–H groups in total. The first kappa shape index (κ1) is 25.9. The standard InChI is InChI=1S/C30H32FN3O4/c1-18-13-27(36)33-29(28(18)26(35)15-19-6-9-25-20(14-19)10-11-32-25)21-7-8-24(31)23(16-21)30(37)34(2)17-22-5-3-4-12-38-22/h6-11,14,16,22,29,32H,3-5,12-13,15,17H2,1-2H3,(H,33,36). The minimum atomic E-state index is -0.765. The number of nitrogens with one attached hydrogen (secondary N) is 2. The van der Waals surface area contributed by atoms with Gasteiger partial charge in [0, 0.05) is 50.3 Å². The predicted molar refractivity (Wildman–Crippen MR) is 142 cm³/mol. The monoisotopic (exact) mass is 517 g/mol. The third-order valence-electron chi connectivity index (χ3n) is 7.41. The summed E-state index contributed by atoms with van der Waals surface area (Å²) in [7, 11) is 1.63. The minimum Gasteiger partial charge on any atom is -0.376 e. The number of rotatable bonds is 7. The van der Waals surface area contributed by atoms with E-state index in [1.165, 1.54) is 23.1 Å². The van der Waals surface area contributed by atoms with Crippen LogP contribution in [-0.2, 0) is 20.7 Å². The second kappa shape index (κ2) is 10.9. The first-order valence-electron chi connectivity index (χ1n) is 13.0. The Hall–Kier alpha value is -3.78. The number of aromatic nitrogens is 1. The second-order valence-corrected chi connectivity index (χ2v) is 10.3. The lowest BCUT2D eigenvalue weighted by Crippen LogP contribution is -2.38. The number of aromatic amines is 1. The van der Waals surface area contributed by atoms with Crippen LogP contribution in [0.25, 0.3) is 10.9 Å². The summed E-state index contributed by atoms with van der Waals surface area (Å²) in [4.78, 5) is 43.9. The molecule has 2 aliphatic rings. The summed E-state index contributed by atoms with van der Waals surface area (Å²) in [5.41, 5.74) is 3.40. The van der Waals surface area contributed by atoms with Crippen molar-refractivity contribution in [2.75, 3.05) is 20.2 Å². The Labute approximate surface area is 221 Å². The Balaban J connectivity index is 1.40. The van der Waals surface area contributed by atoms with Gasteiger partial charge in [-0.25, -0.2) is 4.39 Å².